The molecular weight excluding hydrogens is 499 g/mol. The molecule has 0 aliphatic heterocycles. The van der Waals surface area contributed by atoms with Gasteiger partial charge in [0.25, 0.3) is 0 Å². The molecule has 0 saturated heterocycles. The van der Waals surface area contributed by atoms with Gasteiger partial charge in [-0.1, -0.05) is 36.4 Å². The van der Waals surface area contributed by atoms with Crippen LogP contribution in [0.5, 0.6) is 5.75 Å². The Morgan fingerprint density at radius 3 is 2.42 bits per heavy atom. The van der Waals surface area contributed by atoms with Crippen molar-refractivity contribution in [2.45, 2.75) is 26.1 Å². The number of aromatic nitrogens is 2. The Kier molecular flexibility index (Phi) is 8.19. The van der Waals surface area contributed by atoms with Crippen LogP contribution in [0.25, 0.3) is 11.3 Å². The van der Waals surface area contributed by atoms with Crippen LogP contribution >= 0.6 is 0 Å². The lowest BCUT2D eigenvalue weighted by molar-refractivity contribution is -0.274. The topological polar surface area (TPSA) is 108 Å². The second-order valence-corrected chi connectivity index (χ2v) is 8.25. The first-order chi connectivity index (χ1) is 18.1. The summed E-state index contributed by atoms with van der Waals surface area (Å²) in [7, 11) is 0. The Balaban J connectivity index is 1.37. The average Bonchev–Trinajstić information content (AvgIpc) is 2.88. The molecule has 0 radical (unpaired) electrons. The molecule has 8 nitrogen and oxygen atoms in total. The van der Waals surface area contributed by atoms with E-state index in [1.165, 1.54) is 31.2 Å². The number of amides is 1. The number of hydrogen-bond donors (Lipinski definition) is 4. The monoisotopic (exact) mass is 523 g/mol. The first-order valence-electron chi connectivity index (χ1n) is 11.5. The third kappa shape index (κ3) is 7.76. The lowest BCUT2D eigenvalue weighted by Gasteiger charge is -2.15. The molecule has 11 heteroatoms. The number of nitrogens with one attached hydrogen (secondary N) is 3. The molecule has 0 bridgehead atoms. The summed E-state index contributed by atoms with van der Waals surface area (Å²) >= 11 is 0. The van der Waals surface area contributed by atoms with Crippen molar-refractivity contribution in [2.24, 2.45) is 0 Å². The lowest BCUT2D eigenvalue weighted by atomic mass is 10.1. The van der Waals surface area contributed by atoms with Gasteiger partial charge in [-0.2, -0.15) is 0 Å². The summed E-state index contributed by atoms with van der Waals surface area (Å²) in [4.78, 5) is 20.0. The molecule has 0 fully saturated rings. The van der Waals surface area contributed by atoms with Gasteiger partial charge in [0.15, 0.2) is 0 Å². The normalized spacial score (nSPS) is 12.0. The van der Waals surface area contributed by atoms with Crippen LogP contribution in [0.2, 0.25) is 0 Å². The Morgan fingerprint density at radius 1 is 1.00 bits per heavy atom. The summed E-state index contributed by atoms with van der Waals surface area (Å²) in [6, 6.07) is 21.5. The minimum atomic E-state index is -4.75. The van der Waals surface area contributed by atoms with Gasteiger partial charge >= 0.3 is 6.36 Å². The maximum Gasteiger partial charge on any atom is 0.573 e. The molecule has 4 N–H and O–H groups in total. The fraction of sp³-hybridized carbons (Fsp3) is 0.148. The van der Waals surface area contributed by atoms with Crippen molar-refractivity contribution in [2.75, 3.05) is 10.6 Å². The van der Waals surface area contributed by atoms with Gasteiger partial charge in [0.1, 0.15) is 12.0 Å². The molecule has 38 heavy (non-hydrogen) atoms. The molecular formula is C27H24F3N5O3. The number of nitrogens with zero attached hydrogens (tertiary/aromatic N) is 2. The van der Waals surface area contributed by atoms with Gasteiger partial charge in [-0.3, -0.25) is 10.1 Å². The highest BCUT2D eigenvalue weighted by molar-refractivity contribution is 5.88. The van der Waals surface area contributed by atoms with Gasteiger partial charge < -0.3 is 20.5 Å². The van der Waals surface area contributed by atoms with Gasteiger partial charge in [0, 0.05) is 36.6 Å². The number of rotatable bonds is 9. The molecule has 1 heterocycles. The van der Waals surface area contributed by atoms with Crippen molar-refractivity contribution >= 4 is 23.2 Å². The van der Waals surface area contributed by atoms with E-state index >= 15 is 0 Å². The van der Waals surface area contributed by atoms with Crippen molar-refractivity contribution in [1.82, 2.24) is 15.3 Å². The maximum absolute atomic E-state index is 12.3. The highest BCUT2D eigenvalue weighted by Crippen LogP contribution is 2.24. The van der Waals surface area contributed by atoms with Gasteiger partial charge in [0.05, 0.1) is 5.69 Å². The van der Waals surface area contributed by atoms with Crippen LogP contribution in [0.4, 0.5) is 30.5 Å². The Bertz CT molecular complexity index is 1380. The summed E-state index contributed by atoms with van der Waals surface area (Å²) in [6.07, 6.45) is -4.16. The zero-order valence-electron chi connectivity index (χ0n) is 20.2. The second kappa shape index (κ2) is 11.7. The molecule has 4 aromatic rings. The molecule has 196 valence electrons. The second-order valence-electron chi connectivity index (χ2n) is 8.25. The maximum atomic E-state index is 12.3. The van der Waals surface area contributed by atoms with E-state index in [0.717, 1.165) is 5.56 Å². The molecule has 0 aliphatic carbocycles. The molecule has 1 atom stereocenters. The van der Waals surface area contributed by atoms with E-state index < -0.39 is 12.6 Å². The van der Waals surface area contributed by atoms with Crippen LogP contribution < -0.4 is 20.7 Å². The van der Waals surface area contributed by atoms with Crippen molar-refractivity contribution in [3.63, 3.8) is 0 Å². The highest BCUT2D eigenvalue weighted by atomic mass is 19.4. The minimum Gasteiger partial charge on any atom is -0.406 e. The van der Waals surface area contributed by atoms with Crippen molar-refractivity contribution in [1.29, 1.82) is 0 Å². The predicted octanol–water partition coefficient (Wildman–Crippen LogP) is 5.52. The van der Waals surface area contributed by atoms with Crippen molar-refractivity contribution in [3.05, 3.63) is 96.2 Å². The number of carbonyl (C=O) groups is 1. The van der Waals surface area contributed by atoms with Crippen LogP contribution in [-0.4, -0.2) is 27.3 Å². The molecule has 1 unspecified atom stereocenters. The quantitative estimate of drug-likeness (QED) is 0.214. The van der Waals surface area contributed by atoms with E-state index in [9.17, 15) is 23.1 Å². The number of aliphatic hydroxyl groups excluding tert-OH is 1. The van der Waals surface area contributed by atoms with Crippen LogP contribution in [0.1, 0.15) is 24.3 Å². The van der Waals surface area contributed by atoms with Gasteiger partial charge in [-0.25, -0.2) is 9.97 Å². The summed E-state index contributed by atoms with van der Waals surface area (Å²) in [5.41, 5.74) is 4.09. The number of alkyl halides is 3. The number of carbonyl (C=O) groups excluding carboxylic acids is 1. The van der Waals surface area contributed by atoms with E-state index in [2.05, 4.69) is 30.7 Å². The summed E-state index contributed by atoms with van der Waals surface area (Å²) in [5, 5.41) is 19.3. The molecule has 1 amide bonds. The largest absolute Gasteiger partial charge is 0.573 e. The zero-order valence-corrected chi connectivity index (χ0v) is 20.2. The van der Waals surface area contributed by atoms with E-state index in [1.807, 2.05) is 12.1 Å². The predicted molar refractivity (Wildman–Crippen MR) is 136 cm³/mol. The molecule has 4 rings (SSSR count). The number of ether oxygens (including phenoxy) is 1. The smallest absolute Gasteiger partial charge is 0.406 e. The van der Waals surface area contributed by atoms with E-state index in [-0.39, 0.29) is 18.2 Å². The fourth-order valence-electron chi connectivity index (χ4n) is 3.56. The average molecular weight is 524 g/mol. The lowest BCUT2D eigenvalue weighted by Crippen LogP contribution is -2.20. The van der Waals surface area contributed by atoms with Gasteiger partial charge in [-0.15, -0.1) is 13.2 Å². The van der Waals surface area contributed by atoms with Crippen molar-refractivity contribution < 1.29 is 27.8 Å². The van der Waals surface area contributed by atoms with Crippen LogP contribution in [-0.2, 0) is 11.3 Å². The van der Waals surface area contributed by atoms with Crippen LogP contribution in [0.15, 0.2) is 85.1 Å². The third-order valence-electron chi connectivity index (χ3n) is 5.27. The highest BCUT2D eigenvalue weighted by Gasteiger charge is 2.30. The number of halogens is 3. The molecule has 0 aliphatic rings. The summed E-state index contributed by atoms with van der Waals surface area (Å²) < 4.78 is 40.8. The first-order valence-corrected chi connectivity index (χ1v) is 11.5. The number of aliphatic hydroxyl groups is 1. The summed E-state index contributed by atoms with van der Waals surface area (Å²) in [6.45, 7) is 1.66. The number of hydrogen-bond acceptors (Lipinski definition) is 7. The zero-order chi connectivity index (χ0) is 27.1. The molecule has 0 spiro atoms. The van der Waals surface area contributed by atoms with Gasteiger partial charge in [0.2, 0.25) is 11.9 Å². The SMILES string of the molecule is CC(=O)Nc1ccc(-c2ccnc(Nc3cccc(C(O)NCc4ccc(OC(F)(F)F)cc4)c3)n2)cc1. The van der Waals surface area contributed by atoms with Gasteiger partial charge in [-0.05, 0) is 53.6 Å². The van der Waals surface area contributed by atoms with E-state index in [1.54, 1.807) is 48.7 Å². The standard InChI is InChI=1S/C27H24F3N5O3/c1-17(36)33-21-9-7-19(8-10-21)24-13-14-31-26(35-24)34-22-4-2-3-20(15-22)25(37)32-16-18-5-11-23(12-6-18)38-27(28,29)30/h2-15,25,32,37H,16H2,1H3,(H,33,36)(H,31,34,35). The first kappa shape index (κ1) is 26.6. The third-order valence-corrected chi connectivity index (χ3v) is 5.27. The number of benzene rings is 3. The molecule has 1 aromatic heterocycles. The number of anilines is 3. The van der Waals surface area contributed by atoms with E-state index in [4.69, 9.17) is 0 Å². The Morgan fingerprint density at radius 2 is 1.74 bits per heavy atom. The summed E-state index contributed by atoms with van der Waals surface area (Å²) in [5.74, 6) is -0.106. The van der Waals surface area contributed by atoms with Crippen LogP contribution in [0.3, 0.4) is 0 Å². The van der Waals surface area contributed by atoms with Crippen LogP contribution in [0, 0.1) is 0 Å². The Labute approximate surface area is 216 Å². The van der Waals surface area contributed by atoms with Crippen molar-refractivity contribution in [3.8, 4) is 17.0 Å². The molecule has 3 aromatic carbocycles. The fourth-order valence-corrected chi connectivity index (χ4v) is 3.56. The minimum absolute atomic E-state index is 0.151. The Hall–Kier alpha value is -4.48. The van der Waals surface area contributed by atoms with E-state index in [0.29, 0.717) is 34.1 Å². The molecule has 0 saturated carbocycles.